The smallest absolute Gasteiger partial charge is 0.374 e. The van der Waals surface area contributed by atoms with Gasteiger partial charge in [0.15, 0.2) is 0 Å². The predicted octanol–water partition coefficient (Wildman–Crippen LogP) is 4.08. The van der Waals surface area contributed by atoms with E-state index in [1.165, 1.54) is 0 Å². The lowest BCUT2D eigenvalue weighted by Gasteiger charge is -2.29. The highest BCUT2D eigenvalue weighted by Gasteiger charge is 2.39. The highest BCUT2D eigenvalue weighted by molar-refractivity contribution is 6.60. The molecule has 1 rings (SSSR count). The summed E-state index contributed by atoms with van der Waals surface area (Å²) in [6.45, 7) is 12.6. The molecule has 0 radical (unpaired) electrons. The summed E-state index contributed by atoms with van der Waals surface area (Å²) < 4.78 is 17.6. The lowest BCUT2D eigenvalue weighted by atomic mass is 10.3. The maximum absolute atomic E-state index is 5.88. The topological polar surface area (TPSA) is 30.9 Å². The highest BCUT2D eigenvalue weighted by Crippen LogP contribution is 2.20. The average Bonchev–Trinajstić information content (AvgIpc) is 2.53. The Morgan fingerprint density at radius 1 is 1.00 bits per heavy atom. The van der Waals surface area contributed by atoms with Gasteiger partial charge in [-0.1, -0.05) is 24.8 Å². The summed E-state index contributed by atoms with van der Waals surface area (Å²) in [5.74, 6) is 0. The van der Waals surface area contributed by atoms with Crippen LogP contribution < -0.4 is 4.90 Å². The molecular weight excluding hydrogens is 294 g/mol. The van der Waals surface area contributed by atoms with Crippen LogP contribution in [0.15, 0.2) is 43.1 Å². The fraction of sp³-hybridized carbons (Fsp3) is 0.529. The van der Waals surface area contributed by atoms with Crippen molar-refractivity contribution in [3.8, 4) is 0 Å². The quantitative estimate of drug-likeness (QED) is 0.542. The Hall–Kier alpha value is -1.14. The van der Waals surface area contributed by atoms with E-state index in [2.05, 4.69) is 23.6 Å². The van der Waals surface area contributed by atoms with Crippen molar-refractivity contribution < 1.29 is 13.3 Å². The van der Waals surface area contributed by atoms with Crippen molar-refractivity contribution in [3.63, 3.8) is 0 Å². The zero-order chi connectivity index (χ0) is 16.3. The van der Waals surface area contributed by atoms with Crippen LogP contribution >= 0.6 is 0 Å². The minimum absolute atomic E-state index is 0.621. The Morgan fingerprint density at radius 3 is 2.00 bits per heavy atom. The van der Waals surface area contributed by atoms with Gasteiger partial charge >= 0.3 is 8.80 Å². The fourth-order valence-electron chi connectivity index (χ4n) is 2.41. The molecule has 0 spiro atoms. The van der Waals surface area contributed by atoms with Gasteiger partial charge in [-0.15, -0.1) is 0 Å². The van der Waals surface area contributed by atoms with Crippen LogP contribution in [0.4, 0.5) is 5.69 Å². The van der Waals surface area contributed by atoms with Crippen molar-refractivity contribution in [3.05, 3.63) is 43.1 Å². The zero-order valence-electron chi connectivity index (χ0n) is 14.1. The van der Waals surface area contributed by atoms with E-state index in [9.17, 15) is 0 Å². The molecule has 0 aromatic heterocycles. The van der Waals surface area contributed by atoms with E-state index in [1.807, 2.05) is 45.2 Å². The van der Waals surface area contributed by atoms with Crippen molar-refractivity contribution in [2.24, 2.45) is 0 Å². The van der Waals surface area contributed by atoms with Gasteiger partial charge in [0.05, 0.1) is 0 Å². The van der Waals surface area contributed by atoms with Gasteiger partial charge < -0.3 is 18.2 Å². The number of benzene rings is 1. The molecule has 0 aliphatic carbocycles. The lowest BCUT2D eigenvalue weighted by Crippen LogP contribution is -2.46. The molecule has 4 nitrogen and oxygen atoms in total. The molecule has 0 heterocycles. The summed E-state index contributed by atoms with van der Waals surface area (Å²) in [7, 11) is -2.54. The molecule has 0 atom stereocenters. The summed E-state index contributed by atoms with van der Waals surface area (Å²) >= 11 is 0. The lowest BCUT2D eigenvalue weighted by molar-refractivity contribution is 0.0710. The molecule has 0 amide bonds. The first kappa shape index (κ1) is 18.9. The normalized spacial score (nSPS) is 11.4. The van der Waals surface area contributed by atoms with Gasteiger partial charge in [0, 0.05) is 38.1 Å². The maximum Gasteiger partial charge on any atom is 0.500 e. The van der Waals surface area contributed by atoms with Crippen LogP contribution in [-0.4, -0.2) is 35.2 Å². The molecular formula is C17H29NO3Si. The Labute approximate surface area is 136 Å². The molecule has 0 N–H and O–H groups in total. The SMILES string of the molecule is C=CN(CCC[Si](OCC)(OCC)OCC)c1ccccc1. The van der Waals surface area contributed by atoms with E-state index in [-0.39, 0.29) is 0 Å². The van der Waals surface area contributed by atoms with Crippen molar-refractivity contribution in [1.29, 1.82) is 0 Å². The second-order valence-electron chi connectivity index (χ2n) is 4.80. The molecule has 22 heavy (non-hydrogen) atoms. The third-order valence-electron chi connectivity index (χ3n) is 3.28. The number of nitrogens with zero attached hydrogens (tertiary/aromatic N) is 1. The molecule has 124 valence electrons. The second kappa shape index (κ2) is 10.6. The number of para-hydroxylation sites is 1. The van der Waals surface area contributed by atoms with Gasteiger partial charge in [-0.05, 0) is 45.5 Å². The van der Waals surface area contributed by atoms with Crippen LogP contribution in [0.1, 0.15) is 27.2 Å². The van der Waals surface area contributed by atoms with E-state index >= 15 is 0 Å². The maximum atomic E-state index is 5.88. The van der Waals surface area contributed by atoms with Crippen LogP contribution in [0.25, 0.3) is 0 Å². The first-order chi connectivity index (χ1) is 10.7. The monoisotopic (exact) mass is 323 g/mol. The first-order valence-corrected chi connectivity index (χ1v) is 10.0. The molecule has 0 saturated heterocycles. The molecule has 0 aliphatic heterocycles. The predicted molar refractivity (Wildman–Crippen MR) is 94.0 cm³/mol. The molecule has 5 heteroatoms. The van der Waals surface area contributed by atoms with Crippen molar-refractivity contribution in [2.45, 2.75) is 33.2 Å². The minimum Gasteiger partial charge on any atom is -0.374 e. The van der Waals surface area contributed by atoms with E-state index in [4.69, 9.17) is 13.3 Å². The van der Waals surface area contributed by atoms with E-state index in [0.29, 0.717) is 19.8 Å². The Morgan fingerprint density at radius 2 is 1.55 bits per heavy atom. The Balaban J connectivity index is 2.61. The molecule has 0 unspecified atom stereocenters. The Bertz CT molecular complexity index is 397. The van der Waals surface area contributed by atoms with Gasteiger partial charge in [0.25, 0.3) is 0 Å². The van der Waals surface area contributed by atoms with Crippen LogP contribution in [0.3, 0.4) is 0 Å². The van der Waals surface area contributed by atoms with Gasteiger partial charge in [-0.2, -0.15) is 0 Å². The largest absolute Gasteiger partial charge is 0.500 e. The van der Waals surface area contributed by atoms with E-state index in [0.717, 1.165) is 24.7 Å². The zero-order valence-corrected chi connectivity index (χ0v) is 15.1. The van der Waals surface area contributed by atoms with E-state index in [1.54, 1.807) is 0 Å². The standard InChI is InChI=1S/C17H29NO3Si/c1-5-18(17-13-10-9-11-14-17)15-12-16-22(19-6-2,20-7-3)21-8-4/h5,9-11,13-14H,1,6-8,12,15-16H2,2-4H3. The molecule has 1 aromatic rings. The summed E-state index contributed by atoms with van der Waals surface area (Å²) in [5, 5.41) is 0. The first-order valence-electron chi connectivity index (χ1n) is 8.07. The minimum atomic E-state index is -2.54. The van der Waals surface area contributed by atoms with Gasteiger partial charge in [0.2, 0.25) is 0 Å². The van der Waals surface area contributed by atoms with Gasteiger partial charge in [-0.25, -0.2) is 0 Å². The summed E-state index contributed by atoms with van der Waals surface area (Å²) in [6, 6.07) is 11.1. The summed E-state index contributed by atoms with van der Waals surface area (Å²) in [6.07, 6.45) is 2.80. The third kappa shape index (κ3) is 5.92. The van der Waals surface area contributed by atoms with Crippen molar-refractivity contribution in [2.75, 3.05) is 31.3 Å². The van der Waals surface area contributed by atoms with Crippen LogP contribution in [0.5, 0.6) is 0 Å². The third-order valence-corrected chi connectivity index (χ3v) is 6.43. The average molecular weight is 324 g/mol. The summed E-state index contributed by atoms with van der Waals surface area (Å²) in [4.78, 5) is 2.14. The number of hydrogen-bond donors (Lipinski definition) is 0. The van der Waals surface area contributed by atoms with Gasteiger partial charge in [0.1, 0.15) is 0 Å². The molecule has 1 aromatic carbocycles. The van der Waals surface area contributed by atoms with Crippen LogP contribution in [-0.2, 0) is 13.3 Å². The fourth-order valence-corrected chi connectivity index (χ4v) is 5.01. The molecule has 0 saturated carbocycles. The van der Waals surface area contributed by atoms with Crippen LogP contribution in [0, 0.1) is 0 Å². The summed E-state index contributed by atoms with van der Waals surface area (Å²) in [5.41, 5.74) is 1.15. The van der Waals surface area contributed by atoms with Crippen LogP contribution in [0.2, 0.25) is 6.04 Å². The number of anilines is 1. The number of hydrogen-bond acceptors (Lipinski definition) is 4. The second-order valence-corrected chi connectivity index (χ2v) is 7.53. The molecule has 0 fully saturated rings. The van der Waals surface area contributed by atoms with Crippen molar-refractivity contribution >= 4 is 14.5 Å². The highest BCUT2D eigenvalue weighted by atomic mass is 28.4. The van der Waals surface area contributed by atoms with E-state index < -0.39 is 8.80 Å². The van der Waals surface area contributed by atoms with Crippen molar-refractivity contribution in [1.82, 2.24) is 0 Å². The molecule has 0 aliphatic rings. The number of rotatable bonds is 12. The van der Waals surface area contributed by atoms with Gasteiger partial charge in [-0.3, -0.25) is 0 Å². The molecule has 0 bridgehead atoms. The Kier molecular flexibility index (Phi) is 9.08.